The molecule has 1 heterocycles. The van der Waals surface area contributed by atoms with E-state index >= 15 is 0 Å². The van der Waals surface area contributed by atoms with Gasteiger partial charge in [-0.25, -0.2) is 14.2 Å². The van der Waals surface area contributed by atoms with Crippen LogP contribution in [0.4, 0.5) is 17.6 Å². The Labute approximate surface area is 111 Å². The number of alkyl halides is 4. The van der Waals surface area contributed by atoms with E-state index in [1.807, 2.05) is 0 Å². The van der Waals surface area contributed by atoms with Gasteiger partial charge < -0.3 is 14.2 Å². The van der Waals surface area contributed by atoms with E-state index < -0.39 is 30.6 Å². The van der Waals surface area contributed by atoms with Crippen molar-refractivity contribution in [3.05, 3.63) is 17.3 Å². The highest BCUT2D eigenvalue weighted by Gasteiger charge is 2.33. The van der Waals surface area contributed by atoms with Crippen LogP contribution >= 0.6 is 0 Å². The molecule has 20 heavy (non-hydrogen) atoms. The number of esters is 1. The second-order valence-electron chi connectivity index (χ2n) is 3.39. The van der Waals surface area contributed by atoms with E-state index in [9.17, 15) is 22.4 Å². The van der Waals surface area contributed by atoms with Crippen molar-refractivity contribution in [3.63, 3.8) is 0 Å². The minimum atomic E-state index is -4.99. The van der Waals surface area contributed by atoms with Crippen LogP contribution in [-0.4, -0.2) is 31.0 Å². The van der Waals surface area contributed by atoms with E-state index in [2.05, 4.69) is 14.5 Å². The predicted octanol–water partition coefficient (Wildman–Crippen LogP) is 2.64. The van der Waals surface area contributed by atoms with Crippen molar-refractivity contribution in [2.75, 3.05) is 13.7 Å². The van der Waals surface area contributed by atoms with Crippen LogP contribution in [0.5, 0.6) is 11.6 Å². The molecule has 0 aliphatic heterocycles. The van der Waals surface area contributed by atoms with Crippen LogP contribution in [0.25, 0.3) is 0 Å². The number of aromatic nitrogens is 1. The van der Waals surface area contributed by atoms with Crippen molar-refractivity contribution < 1.29 is 36.6 Å². The molecule has 0 radical (unpaired) electrons. The fraction of sp³-hybridized carbons (Fsp3) is 0.455. The average molecular weight is 297 g/mol. The van der Waals surface area contributed by atoms with Crippen molar-refractivity contribution in [3.8, 4) is 11.6 Å². The van der Waals surface area contributed by atoms with Gasteiger partial charge in [0.05, 0.1) is 19.4 Å². The Hall–Kier alpha value is -2.06. The van der Waals surface area contributed by atoms with E-state index in [4.69, 9.17) is 4.74 Å². The standard InChI is InChI=1S/C11H11F4NO4/c1-3-19-10(17)9-6(5-12)16-8(4-7(9)18-2)20-11(13,14)15/h4H,3,5H2,1-2H3. The zero-order chi connectivity index (χ0) is 15.3. The number of hydrogen-bond acceptors (Lipinski definition) is 5. The van der Waals surface area contributed by atoms with Gasteiger partial charge in [-0.1, -0.05) is 0 Å². The molecule has 0 amide bonds. The normalized spacial score (nSPS) is 11.1. The summed E-state index contributed by atoms with van der Waals surface area (Å²) in [5.41, 5.74) is -0.923. The van der Waals surface area contributed by atoms with Gasteiger partial charge in [0.1, 0.15) is 18.0 Å². The van der Waals surface area contributed by atoms with Crippen LogP contribution in [0.15, 0.2) is 6.07 Å². The van der Waals surface area contributed by atoms with Crippen molar-refractivity contribution in [1.29, 1.82) is 0 Å². The highest BCUT2D eigenvalue weighted by Crippen LogP contribution is 2.30. The van der Waals surface area contributed by atoms with E-state index in [0.717, 1.165) is 13.2 Å². The Bertz CT molecular complexity index is 465. The van der Waals surface area contributed by atoms with Crippen LogP contribution in [-0.2, 0) is 11.4 Å². The topological polar surface area (TPSA) is 57.7 Å². The third kappa shape index (κ3) is 3.97. The van der Waals surface area contributed by atoms with Gasteiger partial charge in [-0.3, -0.25) is 0 Å². The molecule has 0 spiro atoms. The predicted molar refractivity (Wildman–Crippen MR) is 58.2 cm³/mol. The highest BCUT2D eigenvalue weighted by molar-refractivity contribution is 5.93. The molecular formula is C11H11F4NO4. The maximum Gasteiger partial charge on any atom is 0.574 e. The zero-order valence-electron chi connectivity index (χ0n) is 10.6. The zero-order valence-corrected chi connectivity index (χ0v) is 10.6. The monoisotopic (exact) mass is 297 g/mol. The Morgan fingerprint density at radius 2 is 2.05 bits per heavy atom. The van der Waals surface area contributed by atoms with Gasteiger partial charge in [-0.2, -0.15) is 0 Å². The van der Waals surface area contributed by atoms with Crippen LogP contribution in [0.1, 0.15) is 23.0 Å². The van der Waals surface area contributed by atoms with Gasteiger partial charge in [0.15, 0.2) is 0 Å². The largest absolute Gasteiger partial charge is 0.574 e. The quantitative estimate of drug-likeness (QED) is 0.617. The van der Waals surface area contributed by atoms with Crippen LogP contribution in [0.2, 0.25) is 0 Å². The first-order valence-electron chi connectivity index (χ1n) is 5.39. The molecule has 0 fully saturated rings. The van der Waals surface area contributed by atoms with Crippen molar-refractivity contribution in [2.45, 2.75) is 20.0 Å². The molecular weight excluding hydrogens is 286 g/mol. The first-order valence-corrected chi connectivity index (χ1v) is 5.39. The first kappa shape index (κ1) is 16.0. The lowest BCUT2D eigenvalue weighted by Gasteiger charge is -2.14. The van der Waals surface area contributed by atoms with Crippen LogP contribution in [0.3, 0.4) is 0 Å². The lowest BCUT2D eigenvalue weighted by Crippen LogP contribution is -2.19. The maximum atomic E-state index is 12.9. The number of rotatable bonds is 5. The Morgan fingerprint density at radius 1 is 1.40 bits per heavy atom. The van der Waals surface area contributed by atoms with Gasteiger partial charge in [-0.05, 0) is 6.92 Å². The molecule has 0 bridgehead atoms. The number of halogens is 4. The Kier molecular flexibility index (Phi) is 5.12. The SMILES string of the molecule is CCOC(=O)c1c(OC)cc(OC(F)(F)F)nc1CF. The average Bonchev–Trinajstić information content (AvgIpc) is 2.35. The number of hydrogen-bond donors (Lipinski definition) is 0. The third-order valence-electron chi connectivity index (χ3n) is 2.08. The summed E-state index contributed by atoms with van der Waals surface area (Å²) in [6.45, 7) is 0.252. The molecule has 0 unspecified atom stereocenters. The molecule has 0 saturated carbocycles. The second-order valence-corrected chi connectivity index (χ2v) is 3.39. The van der Waals surface area contributed by atoms with Gasteiger partial charge in [0.2, 0.25) is 5.88 Å². The summed E-state index contributed by atoms with van der Waals surface area (Å²) < 4.78 is 62.2. The number of ether oxygens (including phenoxy) is 3. The van der Waals surface area contributed by atoms with E-state index in [1.54, 1.807) is 0 Å². The second kappa shape index (κ2) is 6.40. The van der Waals surface area contributed by atoms with E-state index in [-0.39, 0.29) is 17.9 Å². The molecule has 9 heteroatoms. The Balaban J connectivity index is 3.28. The number of pyridine rings is 1. The van der Waals surface area contributed by atoms with Gasteiger partial charge in [0.25, 0.3) is 0 Å². The smallest absolute Gasteiger partial charge is 0.496 e. The van der Waals surface area contributed by atoms with Gasteiger partial charge >= 0.3 is 12.3 Å². The van der Waals surface area contributed by atoms with E-state index in [1.165, 1.54) is 6.92 Å². The third-order valence-corrected chi connectivity index (χ3v) is 2.08. The maximum absolute atomic E-state index is 12.9. The lowest BCUT2D eigenvalue weighted by molar-refractivity contribution is -0.276. The molecule has 112 valence electrons. The fourth-order valence-corrected chi connectivity index (χ4v) is 1.40. The van der Waals surface area contributed by atoms with Crippen molar-refractivity contribution >= 4 is 5.97 Å². The molecule has 0 aliphatic rings. The van der Waals surface area contributed by atoms with Crippen molar-refractivity contribution in [1.82, 2.24) is 4.98 Å². The van der Waals surface area contributed by atoms with Crippen molar-refractivity contribution in [2.24, 2.45) is 0 Å². The molecule has 0 saturated heterocycles. The summed E-state index contributed by atoms with van der Waals surface area (Å²) in [6.07, 6.45) is -4.99. The summed E-state index contributed by atoms with van der Waals surface area (Å²) in [6, 6.07) is 0.735. The summed E-state index contributed by atoms with van der Waals surface area (Å²) in [4.78, 5) is 14.9. The fourth-order valence-electron chi connectivity index (χ4n) is 1.40. The molecule has 5 nitrogen and oxygen atoms in total. The minimum Gasteiger partial charge on any atom is -0.496 e. The van der Waals surface area contributed by atoms with E-state index in [0.29, 0.717) is 0 Å². The molecule has 1 aromatic heterocycles. The lowest BCUT2D eigenvalue weighted by atomic mass is 10.2. The van der Waals surface area contributed by atoms with Crippen LogP contribution in [0, 0.1) is 0 Å². The summed E-state index contributed by atoms with van der Waals surface area (Å²) >= 11 is 0. The molecule has 0 aliphatic carbocycles. The summed E-state index contributed by atoms with van der Waals surface area (Å²) in [5.74, 6) is -2.18. The molecule has 1 aromatic rings. The molecule has 0 atom stereocenters. The van der Waals surface area contributed by atoms with Gasteiger partial charge in [0, 0.05) is 6.07 Å². The number of nitrogens with zero attached hydrogens (tertiary/aromatic N) is 1. The van der Waals surface area contributed by atoms with Gasteiger partial charge in [-0.15, -0.1) is 13.2 Å². The molecule has 0 N–H and O–H groups in total. The minimum absolute atomic E-state index is 0.00845. The highest BCUT2D eigenvalue weighted by atomic mass is 19.4. The summed E-state index contributed by atoms with van der Waals surface area (Å²) in [7, 11) is 1.11. The first-order chi connectivity index (χ1) is 9.32. The number of carbonyl (C=O) groups is 1. The number of carbonyl (C=O) groups excluding carboxylic acids is 1. The summed E-state index contributed by atoms with van der Waals surface area (Å²) in [5, 5.41) is 0. The van der Waals surface area contributed by atoms with Crippen LogP contribution < -0.4 is 9.47 Å². The number of methoxy groups -OCH3 is 1. The molecule has 0 aromatic carbocycles. The Morgan fingerprint density at radius 3 is 2.50 bits per heavy atom. The molecule has 1 rings (SSSR count).